The molecule has 0 fully saturated rings. The molecule has 2 heterocycles. The third-order valence-electron chi connectivity index (χ3n) is 9.97. The number of fused-ring (bicyclic) bond motifs is 1. The third-order valence-corrected chi connectivity index (χ3v) is 11.0. The van der Waals surface area contributed by atoms with Crippen LogP contribution in [0, 0.1) is 0 Å². The van der Waals surface area contributed by atoms with Crippen molar-refractivity contribution in [3.63, 3.8) is 0 Å². The van der Waals surface area contributed by atoms with Crippen molar-refractivity contribution in [2.45, 2.75) is 55.1 Å². The molecular weight excluding hydrogens is 643 g/mol. The number of hydrogen-bond donors (Lipinski definition) is 0. The molecule has 252 valence electrons. The predicted octanol–water partition coefficient (Wildman–Crippen LogP) is 9.81. The molecule has 0 N–H and O–H groups in total. The minimum atomic E-state index is -0.564. The van der Waals surface area contributed by atoms with Crippen molar-refractivity contribution in [1.82, 2.24) is 24.3 Å². The van der Waals surface area contributed by atoms with Crippen LogP contribution in [-0.2, 0) is 37.1 Å². The topological polar surface area (TPSA) is 48.5 Å². The highest BCUT2D eigenvalue weighted by Crippen LogP contribution is 2.41. The molecule has 2 aromatic heterocycles. The number of imidazole rings is 1. The smallest absolute Gasteiger partial charge is 0.191 e. The summed E-state index contributed by atoms with van der Waals surface area (Å²) in [5, 5.41) is 10.5. The molecule has 0 saturated heterocycles. The van der Waals surface area contributed by atoms with Gasteiger partial charge in [0.25, 0.3) is 0 Å². The average molecular weight is 684 g/mol. The van der Waals surface area contributed by atoms with Crippen LogP contribution < -0.4 is 0 Å². The molecule has 0 spiro atoms. The van der Waals surface area contributed by atoms with E-state index in [1.54, 1.807) is 11.8 Å². The van der Waals surface area contributed by atoms with Gasteiger partial charge in [0.1, 0.15) is 11.4 Å². The SMILES string of the molecule is C1=C(CCc2nnc(SCc3ccccc3)n2CCCc2cn(C(c3ccccc3)(c3ccccc3)c3ccccc3)cn2)c2ccccc2C1. The van der Waals surface area contributed by atoms with E-state index in [1.165, 1.54) is 39.0 Å². The van der Waals surface area contributed by atoms with Crippen LogP contribution in [0.15, 0.2) is 169 Å². The van der Waals surface area contributed by atoms with E-state index in [-0.39, 0.29) is 0 Å². The molecule has 1 aliphatic carbocycles. The van der Waals surface area contributed by atoms with Gasteiger partial charge in [-0.1, -0.05) is 163 Å². The van der Waals surface area contributed by atoms with Gasteiger partial charge in [0, 0.05) is 24.9 Å². The highest BCUT2D eigenvalue weighted by atomic mass is 32.2. The lowest BCUT2D eigenvalue weighted by molar-refractivity contribution is 0.513. The van der Waals surface area contributed by atoms with E-state index < -0.39 is 5.54 Å². The van der Waals surface area contributed by atoms with Gasteiger partial charge in [0.05, 0.1) is 12.0 Å². The molecule has 0 bridgehead atoms. The van der Waals surface area contributed by atoms with Gasteiger partial charge in [-0.15, -0.1) is 10.2 Å². The molecule has 0 unspecified atom stereocenters. The first kappa shape index (κ1) is 32.7. The fourth-order valence-electron chi connectivity index (χ4n) is 7.47. The van der Waals surface area contributed by atoms with Gasteiger partial charge in [0.2, 0.25) is 0 Å². The third kappa shape index (κ3) is 6.84. The Hall–Kier alpha value is -5.46. The number of benzene rings is 5. The summed E-state index contributed by atoms with van der Waals surface area (Å²) < 4.78 is 4.66. The van der Waals surface area contributed by atoms with Gasteiger partial charge in [-0.25, -0.2) is 4.98 Å². The summed E-state index contributed by atoms with van der Waals surface area (Å²) in [5.41, 5.74) is 9.60. The first-order valence-electron chi connectivity index (χ1n) is 17.8. The van der Waals surface area contributed by atoms with E-state index in [4.69, 9.17) is 15.2 Å². The Morgan fingerprint density at radius 2 is 1.24 bits per heavy atom. The van der Waals surface area contributed by atoms with Crippen molar-refractivity contribution in [2.24, 2.45) is 0 Å². The Bertz CT molecular complexity index is 2110. The summed E-state index contributed by atoms with van der Waals surface area (Å²) in [5.74, 6) is 1.92. The second-order valence-electron chi connectivity index (χ2n) is 13.1. The minimum Gasteiger partial charge on any atom is -0.319 e. The monoisotopic (exact) mass is 683 g/mol. The highest BCUT2D eigenvalue weighted by Gasteiger charge is 2.38. The lowest BCUT2D eigenvalue weighted by atomic mass is 9.77. The second-order valence-corrected chi connectivity index (χ2v) is 14.0. The van der Waals surface area contributed by atoms with Crippen molar-refractivity contribution in [1.29, 1.82) is 0 Å². The number of rotatable bonds is 14. The van der Waals surface area contributed by atoms with E-state index >= 15 is 0 Å². The largest absolute Gasteiger partial charge is 0.319 e. The van der Waals surface area contributed by atoms with E-state index in [9.17, 15) is 0 Å². The maximum absolute atomic E-state index is 5.02. The Balaban J connectivity index is 1.05. The standard InChI is InChI=1S/C45H41N5S/c1-5-16-35(17-6-1)33-51-44-48-47-43(30-29-37-28-27-36-18-13-14-26-42(36)37)50(44)31-15-25-41-32-49(34-46-41)45(38-19-7-2-8-20-38,39-21-9-3-10-22-39)40-23-11-4-12-24-40/h1-14,16-24,26,28,32,34H,15,25,27,29-31,33H2. The molecule has 7 aromatic rings. The normalized spacial score (nSPS) is 12.5. The molecule has 5 nitrogen and oxygen atoms in total. The van der Waals surface area contributed by atoms with Crippen molar-refractivity contribution < 1.29 is 0 Å². The molecule has 51 heavy (non-hydrogen) atoms. The Morgan fingerprint density at radius 3 is 1.90 bits per heavy atom. The molecule has 1 aliphatic rings. The Labute approximate surface area is 304 Å². The highest BCUT2D eigenvalue weighted by molar-refractivity contribution is 7.98. The maximum atomic E-state index is 5.02. The zero-order valence-corrected chi connectivity index (χ0v) is 29.5. The molecular formula is C45H41N5S. The lowest BCUT2D eigenvalue weighted by Crippen LogP contribution is -2.36. The summed E-state index contributed by atoms with van der Waals surface area (Å²) in [7, 11) is 0. The Kier molecular flexibility index (Phi) is 9.75. The van der Waals surface area contributed by atoms with Crippen LogP contribution in [-0.4, -0.2) is 24.3 Å². The van der Waals surface area contributed by atoms with Crippen LogP contribution in [0.3, 0.4) is 0 Å². The summed E-state index contributed by atoms with van der Waals surface area (Å²) in [6, 6.07) is 51.7. The predicted molar refractivity (Wildman–Crippen MR) is 208 cm³/mol. The second kappa shape index (κ2) is 15.2. The van der Waals surface area contributed by atoms with Crippen LogP contribution in [0.1, 0.15) is 57.7 Å². The number of hydrogen-bond acceptors (Lipinski definition) is 4. The van der Waals surface area contributed by atoms with Gasteiger partial charge in [-0.2, -0.15) is 0 Å². The van der Waals surface area contributed by atoms with E-state index in [2.05, 4.69) is 167 Å². The number of aromatic nitrogens is 5. The molecule has 5 aromatic carbocycles. The maximum Gasteiger partial charge on any atom is 0.191 e. The van der Waals surface area contributed by atoms with E-state index in [1.807, 2.05) is 6.33 Å². The van der Waals surface area contributed by atoms with Gasteiger partial charge in [-0.3, -0.25) is 0 Å². The zero-order valence-electron chi connectivity index (χ0n) is 28.7. The average Bonchev–Trinajstić information content (AvgIpc) is 3.94. The van der Waals surface area contributed by atoms with Crippen molar-refractivity contribution >= 4 is 17.3 Å². The number of allylic oxidation sites excluding steroid dienone is 2. The van der Waals surface area contributed by atoms with Crippen LogP contribution >= 0.6 is 11.8 Å². The molecule has 0 radical (unpaired) electrons. The molecule has 8 rings (SSSR count). The first-order valence-corrected chi connectivity index (χ1v) is 18.8. The zero-order chi connectivity index (χ0) is 34.3. The molecule has 6 heteroatoms. The molecule has 0 amide bonds. The number of nitrogens with zero attached hydrogens (tertiary/aromatic N) is 5. The van der Waals surface area contributed by atoms with Crippen LogP contribution in [0.4, 0.5) is 0 Å². The van der Waals surface area contributed by atoms with Crippen molar-refractivity contribution in [2.75, 3.05) is 0 Å². The fraction of sp³-hybridized carbons (Fsp3) is 0.178. The summed E-state index contributed by atoms with van der Waals surface area (Å²) in [4.78, 5) is 5.02. The van der Waals surface area contributed by atoms with Gasteiger partial charge in [0.15, 0.2) is 5.16 Å². The van der Waals surface area contributed by atoms with Crippen LogP contribution in [0.2, 0.25) is 0 Å². The quantitative estimate of drug-likeness (QED) is 0.0846. The van der Waals surface area contributed by atoms with Gasteiger partial charge >= 0.3 is 0 Å². The van der Waals surface area contributed by atoms with Crippen molar-refractivity contribution in [3.05, 3.63) is 209 Å². The lowest BCUT2D eigenvalue weighted by Gasteiger charge is -2.37. The number of thioether (sulfide) groups is 1. The van der Waals surface area contributed by atoms with E-state index in [0.29, 0.717) is 0 Å². The molecule has 0 saturated carbocycles. The minimum absolute atomic E-state index is 0.564. The van der Waals surface area contributed by atoms with Gasteiger partial charge < -0.3 is 9.13 Å². The van der Waals surface area contributed by atoms with Crippen LogP contribution in [0.25, 0.3) is 5.57 Å². The van der Waals surface area contributed by atoms with Gasteiger partial charge in [-0.05, 0) is 64.6 Å². The van der Waals surface area contributed by atoms with Crippen LogP contribution in [0.5, 0.6) is 0 Å². The Morgan fingerprint density at radius 1 is 0.627 bits per heavy atom. The number of aryl methyl sites for hydroxylation is 2. The molecule has 0 aliphatic heterocycles. The summed E-state index contributed by atoms with van der Waals surface area (Å²) in [6.07, 6.45) is 11.3. The molecule has 0 atom stereocenters. The van der Waals surface area contributed by atoms with E-state index in [0.717, 1.165) is 61.1 Å². The van der Waals surface area contributed by atoms with Crippen molar-refractivity contribution in [3.8, 4) is 0 Å². The summed E-state index contributed by atoms with van der Waals surface area (Å²) in [6.45, 7) is 0.836. The fourth-order valence-corrected chi connectivity index (χ4v) is 8.41. The summed E-state index contributed by atoms with van der Waals surface area (Å²) >= 11 is 1.77. The first-order chi connectivity index (χ1) is 25.3.